The number of carbonyl (C=O) groups is 1. The third kappa shape index (κ3) is 4.59. The van der Waals surface area contributed by atoms with E-state index in [1.165, 1.54) is 30.3 Å². The largest absolute Gasteiger partial charge is 0.319 e. The molecule has 0 aliphatic rings. The van der Waals surface area contributed by atoms with Crippen LogP contribution in [0.25, 0.3) is 0 Å². The van der Waals surface area contributed by atoms with Gasteiger partial charge in [-0.2, -0.15) is 0 Å². The number of rotatable bonds is 5. The molecule has 3 aromatic rings. The summed E-state index contributed by atoms with van der Waals surface area (Å²) in [6.45, 7) is 0. The van der Waals surface area contributed by atoms with Crippen molar-refractivity contribution in [2.75, 3.05) is 10.0 Å². The number of sulfonamides is 1. The Kier molecular flexibility index (Phi) is 6.15. The smallest absolute Gasteiger partial charge is 0.261 e. The SMILES string of the molecule is O=C(Nc1c(Cl)cccc1Cl)c1ccc(NS(=O)(=O)c2ccccc2)c(Cl)c1. The van der Waals surface area contributed by atoms with Gasteiger partial charge in [-0.3, -0.25) is 9.52 Å². The molecule has 0 aliphatic carbocycles. The van der Waals surface area contributed by atoms with Gasteiger partial charge in [-0.1, -0.05) is 59.1 Å². The molecular weight excluding hydrogens is 443 g/mol. The Bertz CT molecular complexity index is 1120. The summed E-state index contributed by atoms with van der Waals surface area (Å²) in [6.07, 6.45) is 0. The van der Waals surface area contributed by atoms with Crippen molar-refractivity contribution in [1.29, 1.82) is 0 Å². The van der Waals surface area contributed by atoms with Crippen LogP contribution in [0.15, 0.2) is 71.6 Å². The normalized spacial score (nSPS) is 11.1. The summed E-state index contributed by atoms with van der Waals surface area (Å²) in [5, 5.41) is 3.26. The molecule has 0 spiro atoms. The molecule has 0 aliphatic heterocycles. The highest BCUT2D eigenvalue weighted by Gasteiger charge is 2.17. The molecule has 0 bridgehead atoms. The summed E-state index contributed by atoms with van der Waals surface area (Å²) in [6, 6.07) is 16.9. The number of amides is 1. The lowest BCUT2D eigenvalue weighted by atomic mass is 10.2. The quantitative estimate of drug-likeness (QED) is 0.518. The van der Waals surface area contributed by atoms with E-state index in [9.17, 15) is 13.2 Å². The number of carbonyl (C=O) groups excluding carboxylic acids is 1. The average Bonchev–Trinajstić information content (AvgIpc) is 2.67. The minimum Gasteiger partial charge on any atom is -0.319 e. The highest BCUT2D eigenvalue weighted by molar-refractivity contribution is 7.92. The first kappa shape index (κ1) is 20.5. The topological polar surface area (TPSA) is 75.3 Å². The zero-order chi connectivity index (χ0) is 20.3. The molecule has 28 heavy (non-hydrogen) atoms. The second-order valence-electron chi connectivity index (χ2n) is 5.66. The molecule has 0 radical (unpaired) electrons. The fourth-order valence-corrected chi connectivity index (χ4v) is 4.22. The average molecular weight is 456 g/mol. The highest BCUT2D eigenvalue weighted by Crippen LogP contribution is 2.31. The van der Waals surface area contributed by atoms with E-state index < -0.39 is 15.9 Å². The van der Waals surface area contributed by atoms with Crippen molar-refractivity contribution < 1.29 is 13.2 Å². The maximum Gasteiger partial charge on any atom is 0.261 e. The van der Waals surface area contributed by atoms with E-state index in [0.717, 1.165) is 0 Å². The maximum absolute atomic E-state index is 12.5. The van der Waals surface area contributed by atoms with Crippen LogP contribution in [0, 0.1) is 0 Å². The summed E-state index contributed by atoms with van der Waals surface area (Å²) < 4.78 is 27.2. The fraction of sp³-hybridized carbons (Fsp3) is 0. The first-order valence-corrected chi connectivity index (χ1v) is 10.5. The lowest BCUT2D eigenvalue weighted by molar-refractivity contribution is 0.102. The zero-order valence-corrected chi connectivity index (χ0v) is 17.2. The van der Waals surface area contributed by atoms with Gasteiger partial charge >= 0.3 is 0 Å². The molecule has 3 aromatic carbocycles. The predicted octanol–water partition coefficient (Wildman–Crippen LogP) is 5.70. The molecule has 0 saturated heterocycles. The number of halogens is 3. The van der Waals surface area contributed by atoms with Crippen LogP contribution in [0.1, 0.15) is 10.4 Å². The Hall–Kier alpha value is -2.25. The van der Waals surface area contributed by atoms with Gasteiger partial charge in [0, 0.05) is 5.56 Å². The van der Waals surface area contributed by atoms with Gasteiger partial charge in [-0.05, 0) is 42.5 Å². The van der Waals surface area contributed by atoms with Crippen molar-refractivity contribution >= 4 is 62.1 Å². The van der Waals surface area contributed by atoms with E-state index >= 15 is 0 Å². The Morgan fingerprint density at radius 2 is 1.43 bits per heavy atom. The minimum absolute atomic E-state index is 0.0670. The van der Waals surface area contributed by atoms with Crippen molar-refractivity contribution in [3.05, 3.63) is 87.4 Å². The van der Waals surface area contributed by atoms with Gasteiger partial charge in [0.2, 0.25) is 0 Å². The van der Waals surface area contributed by atoms with Crippen molar-refractivity contribution in [2.45, 2.75) is 4.90 Å². The van der Waals surface area contributed by atoms with Gasteiger partial charge < -0.3 is 5.32 Å². The molecule has 0 fully saturated rings. The van der Waals surface area contributed by atoms with E-state index in [-0.39, 0.29) is 26.9 Å². The van der Waals surface area contributed by atoms with Gasteiger partial charge in [0.15, 0.2) is 0 Å². The molecule has 0 heterocycles. The van der Waals surface area contributed by atoms with Crippen LogP contribution in [0.2, 0.25) is 15.1 Å². The molecule has 5 nitrogen and oxygen atoms in total. The standard InChI is InChI=1S/C19H13Cl3N2O3S/c20-14-7-4-8-15(21)18(14)23-19(25)12-9-10-17(16(22)11-12)24-28(26,27)13-5-2-1-3-6-13/h1-11,24H,(H,23,25). The van der Waals surface area contributed by atoms with Crippen molar-refractivity contribution in [1.82, 2.24) is 0 Å². The molecule has 0 saturated carbocycles. The highest BCUT2D eigenvalue weighted by atomic mass is 35.5. The summed E-state index contributed by atoms with van der Waals surface area (Å²) in [4.78, 5) is 12.6. The van der Waals surface area contributed by atoms with Crippen molar-refractivity contribution in [2.24, 2.45) is 0 Å². The molecule has 2 N–H and O–H groups in total. The van der Waals surface area contributed by atoms with Crippen molar-refractivity contribution in [3.63, 3.8) is 0 Å². The third-order valence-electron chi connectivity index (χ3n) is 3.73. The molecule has 144 valence electrons. The Balaban J connectivity index is 1.82. The van der Waals surface area contributed by atoms with Crippen molar-refractivity contribution in [3.8, 4) is 0 Å². The van der Waals surface area contributed by atoms with Gasteiger partial charge in [0.25, 0.3) is 15.9 Å². The van der Waals surface area contributed by atoms with Gasteiger partial charge in [-0.25, -0.2) is 8.42 Å². The van der Waals surface area contributed by atoms with Crippen LogP contribution in [-0.2, 0) is 10.0 Å². The van der Waals surface area contributed by atoms with Crippen LogP contribution < -0.4 is 10.0 Å². The van der Waals surface area contributed by atoms with Crippen LogP contribution in [0.5, 0.6) is 0 Å². The molecular formula is C19H13Cl3N2O3S. The summed E-state index contributed by atoms with van der Waals surface area (Å²) in [5.74, 6) is -0.491. The molecule has 0 aromatic heterocycles. The number of hydrogen-bond donors (Lipinski definition) is 2. The van der Waals surface area contributed by atoms with Gasteiger partial charge in [0.1, 0.15) is 0 Å². The minimum atomic E-state index is -3.80. The first-order chi connectivity index (χ1) is 13.3. The second kappa shape index (κ2) is 8.41. The number of anilines is 2. The van der Waals surface area contributed by atoms with Crippen LogP contribution in [0.4, 0.5) is 11.4 Å². The van der Waals surface area contributed by atoms with E-state index in [1.54, 1.807) is 36.4 Å². The lowest BCUT2D eigenvalue weighted by Crippen LogP contribution is -2.15. The number of para-hydroxylation sites is 1. The molecule has 0 unspecified atom stereocenters. The lowest BCUT2D eigenvalue weighted by Gasteiger charge is -2.12. The number of benzene rings is 3. The van der Waals surface area contributed by atoms with E-state index in [2.05, 4.69) is 10.0 Å². The Morgan fingerprint density at radius 1 is 0.786 bits per heavy atom. The third-order valence-corrected chi connectivity index (χ3v) is 6.05. The van der Waals surface area contributed by atoms with E-state index in [4.69, 9.17) is 34.8 Å². The monoisotopic (exact) mass is 454 g/mol. The molecule has 0 atom stereocenters. The first-order valence-electron chi connectivity index (χ1n) is 7.91. The Labute approximate surface area is 177 Å². The maximum atomic E-state index is 12.5. The zero-order valence-electron chi connectivity index (χ0n) is 14.1. The van der Waals surface area contributed by atoms with E-state index in [1.807, 2.05) is 0 Å². The molecule has 3 rings (SSSR count). The van der Waals surface area contributed by atoms with Gasteiger partial charge in [-0.15, -0.1) is 0 Å². The fourth-order valence-electron chi connectivity index (χ4n) is 2.35. The second-order valence-corrected chi connectivity index (χ2v) is 8.57. The van der Waals surface area contributed by atoms with Crippen LogP contribution in [0.3, 0.4) is 0 Å². The predicted molar refractivity (Wildman–Crippen MR) is 113 cm³/mol. The van der Waals surface area contributed by atoms with Crippen LogP contribution in [-0.4, -0.2) is 14.3 Å². The summed E-state index contributed by atoms with van der Waals surface area (Å²) >= 11 is 18.3. The van der Waals surface area contributed by atoms with Gasteiger partial charge in [0.05, 0.1) is 31.3 Å². The summed E-state index contributed by atoms with van der Waals surface area (Å²) in [5.41, 5.74) is 0.641. The Morgan fingerprint density at radius 3 is 2.04 bits per heavy atom. The molecule has 9 heteroatoms. The number of hydrogen-bond acceptors (Lipinski definition) is 3. The summed E-state index contributed by atoms with van der Waals surface area (Å²) in [7, 11) is -3.80. The van der Waals surface area contributed by atoms with Crippen LogP contribution >= 0.6 is 34.8 Å². The number of nitrogens with one attached hydrogen (secondary N) is 2. The van der Waals surface area contributed by atoms with E-state index in [0.29, 0.717) is 10.0 Å². The molecule has 1 amide bonds.